The predicted octanol–water partition coefficient (Wildman–Crippen LogP) is 2.83. The summed E-state index contributed by atoms with van der Waals surface area (Å²) in [6.45, 7) is 0.527. The first-order valence-electron chi connectivity index (χ1n) is 5.23. The molecule has 2 aromatic rings. The molecule has 0 bridgehead atoms. The summed E-state index contributed by atoms with van der Waals surface area (Å²) in [5.74, 6) is 0.634. The number of halogens is 2. The van der Waals surface area contributed by atoms with Crippen molar-refractivity contribution >= 4 is 34.7 Å². The second kappa shape index (κ2) is 5.84. The van der Waals surface area contributed by atoms with Gasteiger partial charge in [-0.25, -0.2) is 9.97 Å². The summed E-state index contributed by atoms with van der Waals surface area (Å²) in [4.78, 5) is 12.2. The van der Waals surface area contributed by atoms with Crippen molar-refractivity contribution in [2.45, 2.75) is 6.54 Å². The molecule has 2 heterocycles. The molecule has 2 rings (SSSR count). The van der Waals surface area contributed by atoms with Gasteiger partial charge in [0.15, 0.2) is 11.0 Å². The van der Waals surface area contributed by atoms with Crippen molar-refractivity contribution in [2.75, 3.05) is 17.7 Å². The summed E-state index contributed by atoms with van der Waals surface area (Å²) in [6.07, 6.45) is 3.01. The molecule has 2 N–H and O–H groups in total. The van der Waals surface area contributed by atoms with Crippen LogP contribution in [0.5, 0.6) is 0 Å². The van der Waals surface area contributed by atoms with Crippen LogP contribution in [0.3, 0.4) is 0 Å². The van der Waals surface area contributed by atoms with E-state index in [0.717, 1.165) is 5.69 Å². The van der Waals surface area contributed by atoms with Crippen molar-refractivity contribution in [3.05, 3.63) is 40.5 Å². The van der Waals surface area contributed by atoms with Crippen LogP contribution in [0.25, 0.3) is 0 Å². The summed E-state index contributed by atoms with van der Waals surface area (Å²) in [7, 11) is 1.76. The van der Waals surface area contributed by atoms with Gasteiger partial charge in [0.05, 0.1) is 17.3 Å². The molecule has 0 aliphatic rings. The average molecular weight is 284 g/mol. The summed E-state index contributed by atoms with van der Waals surface area (Å²) < 4.78 is 0. The SMILES string of the molecule is CNc1c(Cl)ncnc1NCc1ccc(Cl)cn1. The molecular weight excluding hydrogens is 273 g/mol. The number of pyridine rings is 1. The molecule has 0 aliphatic carbocycles. The topological polar surface area (TPSA) is 62.7 Å². The predicted molar refractivity (Wildman–Crippen MR) is 73.2 cm³/mol. The maximum atomic E-state index is 5.95. The zero-order valence-electron chi connectivity index (χ0n) is 9.61. The highest BCUT2D eigenvalue weighted by molar-refractivity contribution is 6.32. The molecule has 0 fully saturated rings. The molecule has 2 aromatic heterocycles. The smallest absolute Gasteiger partial charge is 0.157 e. The van der Waals surface area contributed by atoms with Crippen molar-refractivity contribution in [3.63, 3.8) is 0 Å². The van der Waals surface area contributed by atoms with Gasteiger partial charge in [0, 0.05) is 13.2 Å². The quantitative estimate of drug-likeness (QED) is 0.845. The largest absolute Gasteiger partial charge is 0.383 e. The van der Waals surface area contributed by atoms with Gasteiger partial charge < -0.3 is 10.6 Å². The molecule has 0 radical (unpaired) electrons. The average Bonchev–Trinajstić information content (AvgIpc) is 2.38. The molecule has 0 atom stereocenters. The van der Waals surface area contributed by atoms with Gasteiger partial charge in [0.25, 0.3) is 0 Å². The van der Waals surface area contributed by atoms with Crippen LogP contribution in [-0.4, -0.2) is 22.0 Å². The van der Waals surface area contributed by atoms with E-state index in [1.807, 2.05) is 6.07 Å². The van der Waals surface area contributed by atoms with Gasteiger partial charge in [0.1, 0.15) is 12.0 Å². The van der Waals surface area contributed by atoms with Gasteiger partial charge in [-0.3, -0.25) is 4.98 Å². The molecule has 0 saturated carbocycles. The molecule has 0 unspecified atom stereocenters. The Kier molecular flexibility index (Phi) is 4.17. The van der Waals surface area contributed by atoms with Crippen molar-refractivity contribution in [3.8, 4) is 0 Å². The third-order valence-electron chi connectivity index (χ3n) is 2.28. The van der Waals surface area contributed by atoms with E-state index in [1.54, 1.807) is 19.3 Å². The number of hydrogen-bond donors (Lipinski definition) is 2. The van der Waals surface area contributed by atoms with Crippen LogP contribution < -0.4 is 10.6 Å². The molecule has 0 aliphatic heterocycles. The number of anilines is 2. The molecule has 5 nitrogen and oxygen atoms in total. The van der Waals surface area contributed by atoms with Crippen molar-refractivity contribution < 1.29 is 0 Å². The first-order valence-corrected chi connectivity index (χ1v) is 5.99. The molecule has 0 spiro atoms. The maximum absolute atomic E-state index is 5.95. The lowest BCUT2D eigenvalue weighted by atomic mass is 10.3. The summed E-state index contributed by atoms with van der Waals surface area (Å²) in [5.41, 5.74) is 1.52. The Balaban J connectivity index is 2.10. The van der Waals surface area contributed by atoms with Crippen LogP contribution in [0.2, 0.25) is 10.2 Å². The Morgan fingerprint density at radius 3 is 2.67 bits per heavy atom. The van der Waals surface area contributed by atoms with Gasteiger partial charge in [-0.15, -0.1) is 0 Å². The van der Waals surface area contributed by atoms with Crippen LogP contribution in [0.4, 0.5) is 11.5 Å². The van der Waals surface area contributed by atoms with E-state index in [4.69, 9.17) is 23.2 Å². The lowest BCUT2D eigenvalue weighted by Crippen LogP contribution is -2.06. The molecule has 18 heavy (non-hydrogen) atoms. The van der Waals surface area contributed by atoms with Gasteiger partial charge >= 0.3 is 0 Å². The van der Waals surface area contributed by atoms with E-state index in [9.17, 15) is 0 Å². The Bertz CT molecular complexity index is 529. The highest BCUT2D eigenvalue weighted by Gasteiger charge is 2.07. The molecule has 7 heteroatoms. The Morgan fingerprint density at radius 1 is 1.17 bits per heavy atom. The second-order valence-electron chi connectivity index (χ2n) is 3.46. The fourth-order valence-electron chi connectivity index (χ4n) is 1.40. The summed E-state index contributed by atoms with van der Waals surface area (Å²) >= 11 is 11.7. The normalized spacial score (nSPS) is 10.2. The fourth-order valence-corrected chi connectivity index (χ4v) is 1.74. The van der Waals surface area contributed by atoms with Gasteiger partial charge in [-0.1, -0.05) is 23.2 Å². The van der Waals surface area contributed by atoms with E-state index in [0.29, 0.717) is 28.2 Å². The van der Waals surface area contributed by atoms with E-state index in [-0.39, 0.29) is 0 Å². The van der Waals surface area contributed by atoms with Crippen LogP contribution in [-0.2, 0) is 6.54 Å². The summed E-state index contributed by atoms with van der Waals surface area (Å²) in [6, 6.07) is 3.63. The standard InChI is InChI=1S/C11H11Cl2N5/c1-14-9-10(13)17-6-18-11(9)16-5-8-3-2-7(12)4-15-8/h2-4,6,14H,5H2,1H3,(H,16,17,18). The van der Waals surface area contributed by atoms with Crippen LogP contribution in [0.15, 0.2) is 24.7 Å². The number of rotatable bonds is 4. The van der Waals surface area contributed by atoms with E-state index < -0.39 is 0 Å². The molecule has 0 aromatic carbocycles. The third kappa shape index (κ3) is 3.00. The van der Waals surface area contributed by atoms with Crippen LogP contribution >= 0.6 is 23.2 Å². The first-order chi connectivity index (χ1) is 8.70. The van der Waals surface area contributed by atoms with E-state index in [1.165, 1.54) is 6.33 Å². The van der Waals surface area contributed by atoms with Crippen LogP contribution in [0.1, 0.15) is 5.69 Å². The van der Waals surface area contributed by atoms with Crippen molar-refractivity contribution in [1.82, 2.24) is 15.0 Å². The monoisotopic (exact) mass is 283 g/mol. The minimum atomic E-state index is 0.374. The lowest BCUT2D eigenvalue weighted by molar-refractivity contribution is 1.02. The summed E-state index contributed by atoms with van der Waals surface area (Å²) in [5, 5.41) is 7.07. The van der Waals surface area contributed by atoms with Crippen LogP contribution in [0, 0.1) is 0 Å². The minimum Gasteiger partial charge on any atom is -0.383 e. The van der Waals surface area contributed by atoms with Gasteiger partial charge in [-0.2, -0.15) is 0 Å². The fraction of sp³-hybridized carbons (Fsp3) is 0.182. The molecular formula is C11H11Cl2N5. The highest BCUT2D eigenvalue weighted by Crippen LogP contribution is 2.25. The molecule has 0 saturated heterocycles. The number of aromatic nitrogens is 3. The first kappa shape index (κ1) is 12.9. The molecule has 94 valence electrons. The molecule has 0 amide bonds. The highest BCUT2D eigenvalue weighted by atomic mass is 35.5. The van der Waals surface area contributed by atoms with E-state index in [2.05, 4.69) is 25.6 Å². The van der Waals surface area contributed by atoms with Gasteiger partial charge in [0.2, 0.25) is 0 Å². The zero-order chi connectivity index (χ0) is 13.0. The van der Waals surface area contributed by atoms with Crippen molar-refractivity contribution in [1.29, 1.82) is 0 Å². The number of hydrogen-bond acceptors (Lipinski definition) is 5. The second-order valence-corrected chi connectivity index (χ2v) is 4.25. The minimum absolute atomic E-state index is 0.374. The maximum Gasteiger partial charge on any atom is 0.157 e. The zero-order valence-corrected chi connectivity index (χ0v) is 11.1. The van der Waals surface area contributed by atoms with Crippen molar-refractivity contribution in [2.24, 2.45) is 0 Å². The van der Waals surface area contributed by atoms with Gasteiger partial charge in [-0.05, 0) is 12.1 Å². The Hall–Kier alpha value is -1.59. The number of nitrogens with zero attached hydrogens (tertiary/aromatic N) is 3. The Labute approximate surface area is 115 Å². The Morgan fingerprint density at radius 2 is 2.00 bits per heavy atom. The van der Waals surface area contributed by atoms with E-state index >= 15 is 0 Å². The number of nitrogens with one attached hydrogen (secondary N) is 2. The third-order valence-corrected chi connectivity index (χ3v) is 2.79. The lowest BCUT2D eigenvalue weighted by Gasteiger charge is -2.10.